The van der Waals surface area contributed by atoms with E-state index in [0.29, 0.717) is 22.5 Å². The van der Waals surface area contributed by atoms with Crippen LogP contribution < -0.4 is 5.32 Å². The fourth-order valence-corrected chi connectivity index (χ4v) is 3.49. The first-order valence-corrected chi connectivity index (χ1v) is 7.33. The Morgan fingerprint density at radius 2 is 2.26 bits per heavy atom. The Morgan fingerprint density at radius 1 is 1.42 bits per heavy atom. The van der Waals surface area contributed by atoms with Crippen molar-refractivity contribution in [2.24, 2.45) is 5.92 Å². The highest BCUT2D eigenvalue weighted by atomic mass is 35.5. The molecule has 0 spiro atoms. The molecule has 1 aromatic carbocycles. The van der Waals surface area contributed by atoms with Crippen LogP contribution in [0.3, 0.4) is 0 Å². The van der Waals surface area contributed by atoms with E-state index in [-0.39, 0.29) is 5.91 Å². The Labute approximate surface area is 118 Å². The van der Waals surface area contributed by atoms with Gasteiger partial charge in [0.2, 0.25) is 0 Å². The largest absolute Gasteiger partial charge is 0.334 e. The summed E-state index contributed by atoms with van der Waals surface area (Å²) in [4.78, 5) is 14.8. The molecule has 4 heteroatoms. The zero-order valence-electron chi connectivity index (χ0n) is 11.2. The second kappa shape index (κ2) is 5.14. The average Bonchev–Trinajstić information content (AvgIpc) is 2.89. The van der Waals surface area contributed by atoms with Crippen molar-refractivity contribution in [3.8, 4) is 0 Å². The van der Waals surface area contributed by atoms with Gasteiger partial charge in [-0.1, -0.05) is 23.7 Å². The van der Waals surface area contributed by atoms with Crippen LogP contribution in [0.2, 0.25) is 5.02 Å². The van der Waals surface area contributed by atoms with Crippen LogP contribution in [-0.2, 0) is 0 Å². The van der Waals surface area contributed by atoms with Crippen LogP contribution in [0.4, 0.5) is 0 Å². The highest BCUT2D eigenvalue weighted by molar-refractivity contribution is 6.34. The molecule has 2 fully saturated rings. The van der Waals surface area contributed by atoms with Gasteiger partial charge >= 0.3 is 0 Å². The minimum Gasteiger partial charge on any atom is -0.334 e. The molecule has 19 heavy (non-hydrogen) atoms. The van der Waals surface area contributed by atoms with Gasteiger partial charge < -0.3 is 10.2 Å². The average molecular weight is 279 g/mol. The van der Waals surface area contributed by atoms with Crippen molar-refractivity contribution in [2.75, 3.05) is 19.6 Å². The fourth-order valence-electron chi connectivity index (χ4n) is 3.29. The second-order valence-corrected chi connectivity index (χ2v) is 5.94. The maximum Gasteiger partial charge on any atom is 0.255 e. The number of amides is 1. The van der Waals surface area contributed by atoms with E-state index in [9.17, 15) is 4.79 Å². The minimum absolute atomic E-state index is 0.0899. The van der Waals surface area contributed by atoms with E-state index in [1.165, 1.54) is 6.42 Å². The van der Waals surface area contributed by atoms with Crippen molar-refractivity contribution in [3.63, 3.8) is 0 Å². The van der Waals surface area contributed by atoms with E-state index in [1.807, 2.05) is 30.0 Å². The van der Waals surface area contributed by atoms with Crippen LogP contribution in [-0.4, -0.2) is 36.5 Å². The summed E-state index contributed by atoms with van der Waals surface area (Å²) in [6.45, 7) is 4.75. The van der Waals surface area contributed by atoms with E-state index in [0.717, 1.165) is 31.6 Å². The lowest BCUT2D eigenvalue weighted by atomic mass is 9.91. The number of fused-ring (bicyclic) bond motifs is 1. The first-order chi connectivity index (χ1) is 9.18. The molecule has 0 aromatic heterocycles. The molecule has 2 aliphatic rings. The summed E-state index contributed by atoms with van der Waals surface area (Å²) in [6, 6.07) is 6.03. The second-order valence-electron chi connectivity index (χ2n) is 5.56. The number of aryl methyl sites for hydroxylation is 1. The van der Waals surface area contributed by atoms with Gasteiger partial charge in [0, 0.05) is 25.7 Å². The molecule has 1 aromatic rings. The third kappa shape index (κ3) is 2.26. The molecule has 2 heterocycles. The number of halogens is 1. The summed E-state index contributed by atoms with van der Waals surface area (Å²) in [5.41, 5.74) is 1.61. The Balaban J connectivity index is 1.88. The predicted octanol–water partition coefficient (Wildman–Crippen LogP) is 2.47. The molecule has 2 saturated heterocycles. The summed E-state index contributed by atoms with van der Waals surface area (Å²) in [5.74, 6) is 0.702. The Hall–Kier alpha value is -1.06. The summed E-state index contributed by atoms with van der Waals surface area (Å²) >= 11 is 6.29. The normalized spacial score (nSPS) is 26.3. The van der Waals surface area contributed by atoms with E-state index < -0.39 is 0 Å². The molecule has 0 bridgehead atoms. The van der Waals surface area contributed by atoms with Gasteiger partial charge in [-0.2, -0.15) is 0 Å². The Kier molecular flexibility index (Phi) is 3.50. The number of likely N-dealkylation sites (tertiary alicyclic amines) is 1. The molecule has 102 valence electrons. The molecule has 2 aliphatic heterocycles. The molecule has 0 aliphatic carbocycles. The van der Waals surface area contributed by atoms with Gasteiger partial charge in [0.05, 0.1) is 10.6 Å². The number of hydrogen-bond acceptors (Lipinski definition) is 2. The van der Waals surface area contributed by atoms with Crippen LogP contribution >= 0.6 is 11.6 Å². The molecule has 1 amide bonds. The highest BCUT2D eigenvalue weighted by Gasteiger charge is 2.37. The molecule has 3 rings (SSSR count). The van der Waals surface area contributed by atoms with Gasteiger partial charge in [0.25, 0.3) is 5.91 Å². The summed E-state index contributed by atoms with van der Waals surface area (Å²) in [6.07, 6.45) is 2.32. The van der Waals surface area contributed by atoms with Crippen LogP contribution in [0, 0.1) is 12.8 Å². The van der Waals surface area contributed by atoms with Crippen molar-refractivity contribution in [1.82, 2.24) is 10.2 Å². The molecule has 0 saturated carbocycles. The van der Waals surface area contributed by atoms with Gasteiger partial charge in [-0.05, 0) is 37.3 Å². The number of rotatable bonds is 1. The number of carbonyl (C=O) groups is 1. The van der Waals surface area contributed by atoms with Crippen LogP contribution in [0.15, 0.2) is 18.2 Å². The summed E-state index contributed by atoms with van der Waals surface area (Å²) < 4.78 is 0. The van der Waals surface area contributed by atoms with E-state index >= 15 is 0 Å². The van der Waals surface area contributed by atoms with Gasteiger partial charge in [0.1, 0.15) is 0 Å². The van der Waals surface area contributed by atoms with Crippen LogP contribution in [0.5, 0.6) is 0 Å². The number of nitrogens with one attached hydrogen (secondary N) is 1. The minimum atomic E-state index is 0.0899. The third-order valence-corrected chi connectivity index (χ3v) is 4.86. The molecule has 0 radical (unpaired) electrons. The molecule has 1 N–H and O–H groups in total. The number of piperidine rings is 1. The van der Waals surface area contributed by atoms with E-state index in [4.69, 9.17) is 11.6 Å². The first kappa shape index (κ1) is 12.9. The fraction of sp³-hybridized carbons (Fsp3) is 0.533. The molecule has 2 atom stereocenters. The number of hydrogen-bond donors (Lipinski definition) is 1. The number of carbonyl (C=O) groups excluding carboxylic acids is 1. The van der Waals surface area contributed by atoms with E-state index in [1.54, 1.807) is 0 Å². The predicted molar refractivity (Wildman–Crippen MR) is 76.6 cm³/mol. The lowest BCUT2D eigenvalue weighted by molar-refractivity contribution is 0.0575. The SMILES string of the molecule is Cc1cccc(C(=O)N2CCCC3CNCC32)c1Cl. The van der Waals surface area contributed by atoms with Crippen LogP contribution in [0.1, 0.15) is 28.8 Å². The quantitative estimate of drug-likeness (QED) is 0.856. The Morgan fingerprint density at radius 3 is 3.11 bits per heavy atom. The lowest BCUT2D eigenvalue weighted by Gasteiger charge is -2.37. The maximum atomic E-state index is 12.7. The Bertz CT molecular complexity index is 503. The van der Waals surface area contributed by atoms with Crippen molar-refractivity contribution >= 4 is 17.5 Å². The van der Waals surface area contributed by atoms with Crippen molar-refractivity contribution in [3.05, 3.63) is 34.3 Å². The number of benzene rings is 1. The van der Waals surface area contributed by atoms with Gasteiger partial charge in [-0.25, -0.2) is 0 Å². The maximum absolute atomic E-state index is 12.7. The van der Waals surface area contributed by atoms with Gasteiger partial charge in [-0.15, -0.1) is 0 Å². The van der Waals surface area contributed by atoms with E-state index in [2.05, 4.69) is 5.32 Å². The monoisotopic (exact) mass is 278 g/mol. The number of nitrogens with zero attached hydrogens (tertiary/aromatic N) is 1. The molecular formula is C15H19ClN2O. The summed E-state index contributed by atoms with van der Waals surface area (Å²) in [7, 11) is 0. The zero-order chi connectivity index (χ0) is 13.4. The third-order valence-electron chi connectivity index (χ3n) is 4.36. The molecule has 3 nitrogen and oxygen atoms in total. The topological polar surface area (TPSA) is 32.3 Å². The molecular weight excluding hydrogens is 260 g/mol. The summed E-state index contributed by atoms with van der Waals surface area (Å²) in [5, 5.41) is 4.00. The highest BCUT2D eigenvalue weighted by Crippen LogP contribution is 2.29. The van der Waals surface area contributed by atoms with Crippen molar-refractivity contribution in [2.45, 2.75) is 25.8 Å². The van der Waals surface area contributed by atoms with Gasteiger partial charge in [0.15, 0.2) is 0 Å². The molecule has 2 unspecified atom stereocenters. The van der Waals surface area contributed by atoms with Crippen LogP contribution in [0.25, 0.3) is 0 Å². The zero-order valence-corrected chi connectivity index (χ0v) is 11.9. The van der Waals surface area contributed by atoms with Crippen molar-refractivity contribution < 1.29 is 4.79 Å². The van der Waals surface area contributed by atoms with Gasteiger partial charge in [-0.3, -0.25) is 4.79 Å². The first-order valence-electron chi connectivity index (χ1n) is 6.95. The smallest absolute Gasteiger partial charge is 0.255 e. The van der Waals surface area contributed by atoms with Crippen molar-refractivity contribution in [1.29, 1.82) is 0 Å². The standard InChI is InChI=1S/C15H19ClN2O/c1-10-4-2-6-12(14(10)16)15(19)18-7-3-5-11-8-17-9-13(11)18/h2,4,6,11,13,17H,3,5,7-9H2,1H3. The lowest BCUT2D eigenvalue weighted by Crippen LogP contribution is -2.48.